The first-order chi connectivity index (χ1) is 26.7. The third-order valence-electron chi connectivity index (χ3n) is 12.0. The number of ether oxygens (including phenoxy) is 5. The van der Waals surface area contributed by atoms with Gasteiger partial charge in [-0.3, -0.25) is 14.4 Å². The predicted molar refractivity (Wildman–Crippen MR) is 210 cm³/mol. The fourth-order valence-corrected chi connectivity index (χ4v) is 8.54. The molecule has 2 saturated heterocycles. The molecule has 1 amide bonds. The van der Waals surface area contributed by atoms with Crippen LogP contribution >= 0.6 is 0 Å². The Morgan fingerprint density at radius 2 is 1.73 bits per heavy atom. The van der Waals surface area contributed by atoms with Gasteiger partial charge < -0.3 is 43.9 Å². The van der Waals surface area contributed by atoms with Gasteiger partial charge in [0.05, 0.1) is 30.5 Å². The molecule has 3 rings (SSSR count). The van der Waals surface area contributed by atoms with Crippen LogP contribution in [0.3, 0.4) is 0 Å². The number of aliphatic hydroxyl groups is 3. The molecular formula is C43H69NO12. The molecule has 1 aliphatic carbocycles. The number of ketones is 1. The molecule has 0 aromatic rings. The number of amides is 1. The number of allylic oxidation sites excluding steroid dienone is 4. The van der Waals surface area contributed by atoms with Gasteiger partial charge in [-0.25, -0.2) is 4.79 Å². The Morgan fingerprint density at radius 1 is 1.02 bits per heavy atom. The molecule has 0 bridgehead atoms. The van der Waals surface area contributed by atoms with Crippen molar-refractivity contribution in [2.45, 2.75) is 160 Å². The number of rotatable bonds is 21. The van der Waals surface area contributed by atoms with Crippen molar-refractivity contribution in [3.05, 3.63) is 36.0 Å². The van der Waals surface area contributed by atoms with E-state index in [4.69, 9.17) is 23.7 Å². The van der Waals surface area contributed by atoms with Gasteiger partial charge in [-0.1, -0.05) is 37.6 Å². The molecule has 1 saturated carbocycles. The summed E-state index contributed by atoms with van der Waals surface area (Å²) in [7, 11) is 4.82. The minimum absolute atomic E-state index is 0.0227. The van der Waals surface area contributed by atoms with Crippen molar-refractivity contribution < 1.29 is 58.2 Å². The summed E-state index contributed by atoms with van der Waals surface area (Å²) in [6, 6.07) is -0.929. The van der Waals surface area contributed by atoms with Crippen LogP contribution < -0.4 is 0 Å². The van der Waals surface area contributed by atoms with Gasteiger partial charge in [0.25, 0.3) is 5.91 Å². The zero-order valence-corrected chi connectivity index (χ0v) is 34.7. The lowest BCUT2D eigenvalue weighted by molar-refractivity contribution is -0.253. The quantitative estimate of drug-likeness (QED) is 0.0636. The van der Waals surface area contributed by atoms with Crippen molar-refractivity contribution in [1.29, 1.82) is 0 Å². The van der Waals surface area contributed by atoms with E-state index < -0.39 is 60.5 Å². The number of hydrogen-bond acceptors (Lipinski definition) is 12. The minimum atomic E-state index is -1.17. The molecular weight excluding hydrogens is 722 g/mol. The molecule has 13 atom stereocenters. The second-order valence-corrected chi connectivity index (χ2v) is 16.2. The fourth-order valence-electron chi connectivity index (χ4n) is 8.54. The molecule has 3 fully saturated rings. The van der Waals surface area contributed by atoms with E-state index in [1.165, 1.54) is 4.90 Å². The molecule has 0 aromatic carbocycles. The van der Waals surface area contributed by atoms with Crippen LogP contribution in [-0.4, -0.2) is 127 Å². The summed E-state index contributed by atoms with van der Waals surface area (Å²) in [6.45, 7) is 11.6. The first kappa shape index (κ1) is 47.6. The first-order valence-corrected chi connectivity index (χ1v) is 20.4. The predicted octanol–water partition coefficient (Wildman–Crippen LogP) is 4.64. The van der Waals surface area contributed by atoms with Gasteiger partial charge in [-0.15, -0.1) is 6.58 Å². The fraction of sp³-hybridized carbons (Fsp3) is 0.767. The minimum Gasteiger partial charge on any atom is -0.456 e. The van der Waals surface area contributed by atoms with E-state index in [1.807, 2.05) is 32.9 Å². The average Bonchev–Trinajstić information content (AvgIpc) is 3.19. The van der Waals surface area contributed by atoms with Gasteiger partial charge >= 0.3 is 5.97 Å². The number of carbonyl (C=O) groups is 4. The van der Waals surface area contributed by atoms with Crippen LogP contribution in [0.2, 0.25) is 0 Å². The monoisotopic (exact) mass is 791 g/mol. The highest BCUT2D eigenvalue weighted by Crippen LogP contribution is 2.33. The number of hydrogen-bond donors (Lipinski definition) is 3. The van der Waals surface area contributed by atoms with Gasteiger partial charge in [0.1, 0.15) is 24.0 Å². The zero-order valence-electron chi connectivity index (χ0n) is 34.7. The van der Waals surface area contributed by atoms with Crippen LogP contribution in [0, 0.1) is 23.7 Å². The summed E-state index contributed by atoms with van der Waals surface area (Å²) in [5.41, 5.74) is 1.69. The topological polar surface area (TPSA) is 178 Å². The number of methoxy groups -OCH3 is 3. The maximum Gasteiger partial charge on any atom is 0.329 e. The van der Waals surface area contributed by atoms with E-state index in [9.17, 15) is 34.5 Å². The van der Waals surface area contributed by atoms with Gasteiger partial charge in [-0.2, -0.15) is 0 Å². The third-order valence-corrected chi connectivity index (χ3v) is 12.0. The SMILES string of the molecule is C=CCC(/C=C(\C)CCC[C@H](OC)[C@H]1O[C@H](O)[C@H](C)C[C@@H]1OC)C(=O)C[C@H](O)[C@@H](C)[C@H](OC(=O)[C@@H]1CCCCN1C(=O)C=O)/C(C)=C/[C@@H]1CC[C@@H](O)[C@H](OC)C1. The van der Waals surface area contributed by atoms with E-state index in [0.717, 1.165) is 12.0 Å². The van der Waals surface area contributed by atoms with Gasteiger partial charge in [0.15, 0.2) is 6.29 Å². The number of nitrogens with zero attached hydrogens (tertiary/aromatic N) is 1. The first-order valence-electron chi connectivity index (χ1n) is 20.4. The summed E-state index contributed by atoms with van der Waals surface area (Å²) < 4.78 is 29.0. The van der Waals surface area contributed by atoms with E-state index in [1.54, 1.807) is 34.3 Å². The van der Waals surface area contributed by atoms with Crippen molar-refractivity contribution in [2.24, 2.45) is 23.7 Å². The maximum absolute atomic E-state index is 13.8. The molecule has 0 radical (unpaired) electrons. The normalized spacial score (nSPS) is 30.4. The second-order valence-electron chi connectivity index (χ2n) is 16.2. The Morgan fingerprint density at radius 3 is 2.38 bits per heavy atom. The van der Waals surface area contributed by atoms with Crippen LogP contribution in [0.5, 0.6) is 0 Å². The number of likely N-dealkylation sites (tertiary alicyclic amines) is 1. The standard InChI is InChI=1S/C43H69NO12/c1-9-13-31(20-26(2)14-12-16-36(52-6)41-38(54-8)22-28(4)42(50)56-41)35(48)24-34(47)29(5)40(27(3)21-30-17-18-33(46)37(23-30)53-7)55-43(51)32-15-10-11-19-44(32)39(49)25-45/h9,20-21,25,28-34,36-38,40-42,46-47,50H,1,10-19,22-24H2,2-8H3/b26-20+,27-21+/t28-,29-,30+,31?,32+,33-,34+,36+,37-,38+,40-,41-,42+/m1/s1. The van der Waals surface area contributed by atoms with Crippen LogP contribution in [-0.2, 0) is 42.9 Å². The van der Waals surface area contributed by atoms with E-state index in [2.05, 4.69) is 6.58 Å². The second kappa shape index (κ2) is 23.6. The van der Waals surface area contributed by atoms with Crippen molar-refractivity contribution >= 4 is 23.9 Å². The van der Waals surface area contributed by atoms with Crippen molar-refractivity contribution in [1.82, 2.24) is 4.90 Å². The maximum atomic E-state index is 13.8. The molecule has 0 aromatic heterocycles. The van der Waals surface area contributed by atoms with Crippen LogP contribution in [0.25, 0.3) is 0 Å². The lowest BCUT2D eigenvalue weighted by Crippen LogP contribution is -2.50. The van der Waals surface area contributed by atoms with Crippen LogP contribution in [0.1, 0.15) is 105 Å². The smallest absolute Gasteiger partial charge is 0.329 e. The molecule has 318 valence electrons. The molecule has 13 nitrogen and oxygen atoms in total. The number of aliphatic hydroxyl groups excluding tert-OH is 3. The van der Waals surface area contributed by atoms with Crippen molar-refractivity contribution in [3.63, 3.8) is 0 Å². The molecule has 2 heterocycles. The molecule has 56 heavy (non-hydrogen) atoms. The number of piperidine rings is 1. The van der Waals surface area contributed by atoms with Crippen molar-refractivity contribution in [3.8, 4) is 0 Å². The Hall–Kier alpha value is -2.78. The summed E-state index contributed by atoms with van der Waals surface area (Å²) in [5.74, 6) is -2.86. The summed E-state index contributed by atoms with van der Waals surface area (Å²) in [4.78, 5) is 52.6. The van der Waals surface area contributed by atoms with Crippen LogP contribution in [0.15, 0.2) is 36.0 Å². The lowest BCUT2D eigenvalue weighted by Gasteiger charge is -2.40. The highest BCUT2D eigenvalue weighted by molar-refractivity contribution is 6.24. The third kappa shape index (κ3) is 13.4. The molecule has 2 aliphatic heterocycles. The highest BCUT2D eigenvalue weighted by Gasteiger charge is 2.41. The van der Waals surface area contributed by atoms with Gasteiger partial charge in [-0.05, 0) is 96.0 Å². The van der Waals surface area contributed by atoms with Crippen LogP contribution in [0.4, 0.5) is 0 Å². The molecule has 3 aliphatic rings. The Bertz CT molecular complexity index is 1350. The molecule has 0 spiro atoms. The number of aldehydes is 1. The number of Topliss-reactive ketones (excluding diaryl/α,β-unsaturated/α-hetero) is 1. The highest BCUT2D eigenvalue weighted by atomic mass is 16.6. The number of carbonyl (C=O) groups excluding carboxylic acids is 4. The van der Waals surface area contributed by atoms with Gasteiger partial charge in [0, 0.05) is 52.0 Å². The van der Waals surface area contributed by atoms with E-state index in [0.29, 0.717) is 69.8 Å². The van der Waals surface area contributed by atoms with Gasteiger partial charge in [0.2, 0.25) is 6.29 Å². The van der Waals surface area contributed by atoms with E-state index >= 15 is 0 Å². The molecule has 1 unspecified atom stereocenters. The van der Waals surface area contributed by atoms with Crippen molar-refractivity contribution in [2.75, 3.05) is 27.9 Å². The summed E-state index contributed by atoms with van der Waals surface area (Å²) in [5, 5.41) is 32.3. The zero-order chi connectivity index (χ0) is 41.5. The Kier molecular flexibility index (Phi) is 20.0. The molecule has 3 N–H and O–H groups in total. The summed E-state index contributed by atoms with van der Waals surface area (Å²) >= 11 is 0. The largest absolute Gasteiger partial charge is 0.456 e. The lowest BCUT2D eigenvalue weighted by atomic mass is 9.81. The molecule has 13 heteroatoms. The Labute approximate surface area is 333 Å². The Balaban J connectivity index is 1.74. The number of esters is 1. The van der Waals surface area contributed by atoms with E-state index in [-0.39, 0.29) is 55.2 Å². The summed E-state index contributed by atoms with van der Waals surface area (Å²) in [6.07, 6.45) is 7.53. The average molecular weight is 792 g/mol.